The van der Waals surface area contributed by atoms with Gasteiger partial charge in [-0.25, -0.2) is 0 Å². The number of carbonyl (C=O) groups excluding carboxylic acids is 1. The highest BCUT2D eigenvalue weighted by Gasteiger charge is 2.14. The lowest BCUT2D eigenvalue weighted by Gasteiger charge is -2.24. The molecule has 0 aliphatic carbocycles. The average Bonchev–Trinajstić information content (AvgIpc) is 2.74. The number of hydrogen-bond donors (Lipinski definition) is 0. The summed E-state index contributed by atoms with van der Waals surface area (Å²) in [5.41, 5.74) is 3.43. The maximum Gasteiger partial charge on any atom is 0.222 e. The Morgan fingerprint density at radius 2 is 1.59 bits per heavy atom. The number of hydrogen-bond acceptors (Lipinski definition) is 4. The summed E-state index contributed by atoms with van der Waals surface area (Å²) in [5.74, 6) is 1.64. The number of rotatable bonds is 11. The number of nitrogens with zero attached hydrogens (tertiary/aromatic N) is 2. The van der Waals surface area contributed by atoms with Gasteiger partial charge in [-0.15, -0.1) is 0 Å². The molecule has 5 heteroatoms. The predicted molar refractivity (Wildman–Crippen MR) is 119 cm³/mol. The molecule has 0 saturated carbocycles. The van der Waals surface area contributed by atoms with Crippen molar-refractivity contribution in [1.82, 2.24) is 4.90 Å². The van der Waals surface area contributed by atoms with E-state index in [1.165, 1.54) is 0 Å². The number of ether oxygens (including phenoxy) is 2. The van der Waals surface area contributed by atoms with E-state index in [2.05, 4.69) is 36.1 Å². The minimum Gasteiger partial charge on any atom is -0.493 e. The molecule has 0 unspecified atom stereocenters. The number of unbranched alkanes of at least 4 members (excludes halogenated alkanes) is 1. The van der Waals surface area contributed by atoms with E-state index in [-0.39, 0.29) is 5.91 Å². The lowest BCUT2D eigenvalue weighted by Crippen LogP contribution is -2.32. The summed E-state index contributed by atoms with van der Waals surface area (Å²) >= 11 is 0. The summed E-state index contributed by atoms with van der Waals surface area (Å²) in [4.78, 5) is 16.8. The van der Waals surface area contributed by atoms with E-state index in [0.29, 0.717) is 31.0 Å². The molecular formula is C24H34N2O3. The molecule has 158 valence electrons. The van der Waals surface area contributed by atoms with Gasteiger partial charge < -0.3 is 19.3 Å². The zero-order chi connectivity index (χ0) is 21.2. The molecule has 0 aliphatic heterocycles. The van der Waals surface area contributed by atoms with Crippen LogP contribution in [0.2, 0.25) is 0 Å². The maximum atomic E-state index is 12.8. The van der Waals surface area contributed by atoms with Crippen LogP contribution in [0.15, 0.2) is 42.5 Å². The molecule has 0 spiro atoms. The van der Waals surface area contributed by atoms with Crippen molar-refractivity contribution in [3.8, 4) is 11.5 Å². The van der Waals surface area contributed by atoms with Crippen LogP contribution in [0, 0.1) is 0 Å². The summed E-state index contributed by atoms with van der Waals surface area (Å²) in [6.45, 7) is 3.41. The van der Waals surface area contributed by atoms with Gasteiger partial charge in [0, 0.05) is 39.3 Å². The lowest BCUT2D eigenvalue weighted by atomic mass is 10.1. The molecule has 0 heterocycles. The van der Waals surface area contributed by atoms with Crippen molar-refractivity contribution in [2.45, 2.75) is 39.2 Å². The van der Waals surface area contributed by atoms with Crippen LogP contribution in [0.5, 0.6) is 11.5 Å². The first kappa shape index (κ1) is 22.6. The van der Waals surface area contributed by atoms with Crippen LogP contribution in [0.4, 0.5) is 5.69 Å². The van der Waals surface area contributed by atoms with Gasteiger partial charge in [-0.2, -0.15) is 0 Å². The van der Waals surface area contributed by atoms with E-state index in [9.17, 15) is 4.79 Å². The Hall–Kier alpha value is -2.69. The van der Waals surface area contributed by atoms with Crippen LogP contribution in [0.1, 0.15) is 37.3 Å². The predicted octanol–water partition coefficient (Wildman–Crippen LogP) is 4.53. The Morgan fingerprint density at radius 1 is 0.931 bits per heavy atom. The molecule has 2 rings (SSSR count). The smallest absolute Gasteiger partial charge is 0.222 e. The molecule has 2 aromatic carbocycles. The van der Waals surface area contributed by atoms with Crippen LogP contribution in [-0.4, -0.2) is 45.7 Å². The molecule has 0 fully saturated rings. The van der Waals surface area contributed by atoms with Gasteiger partial charge in [0.05, 0.1) is 14.2 Å². The van der Waals surface area contributed by atoms with Gasteiger partial charge in [0.25, 0.3) is 0 Å². The van der Waals surface area contributed by atoms with Crippen molar-refractivity contribution >= 4 is 11.6 Å². The van der Waals surface area contributed by atoms with E-state index in [1.807, 2.05) is 37.2 Å². The van der Waals surface area contributed by atoms with Crippen molar-refractivity contribution in [2.24, 2.45) is 0 Å². The molecule has 0 aliphatic rings. The monoisotopic (exact) mass is 398 g/mol. The van der Waals surface area contributed by atoms with Crippen LogP contribution >= 0.6 is 0 Å². The van der Waals surface area contributed by atoms with E-state index in [0.717, 1.165) is 36.1 Å². The fourth-order valence-corrected chi connectivity index (χ4v) is 3.20. The number of benzene rings is 2. The first-order chi connectivity index (χ1) is 14.0. The third-order valence-electron chi connectivity index (χ3n) is 5.04. The summed E-state index contributed by atoms with van der Waals surface area (Å²) in [5, 5.41) is 0. The molecule has 0 radical (unpaired) electrons. The van der Waals surface area contributed by atoms with Gasteiger partial charge >= 0.3 is 0 Å². The quantitative estimate of drug-likeness (QED) is 0.558. The van der Waals surface area contributed by atoms with Crippen molar-refractivity contribution in [2.75, 3.05) is 39.8 Å². The second kappa shape index (κ2) is 11.3. The Morgan fingerprint density at radius 3 is 2.17 bits per heavy atom. The van der Waals surface area contributed by atoms with E-state index < -0.39 is 0 Å². The zero-order valence-corrected chi connectivity index (χ0v) is 18.4. The standard InChI is InChI=1S/C24H34N2O3/c1-6-7-8-24(27)26(18-20-9-12-21(13-10-20)25(2)3)16-15-19-11-14-22(28-4)23(17-19)29-5/h9-14,17H,6-8,15-16,18H2,1-5H3. The number of carbonyl (C=O) groups is 1. The topological polar surface area (TPSA) is 42.0 Å². The highest BCUT2D eigenvalue weighted by Crippen LogP contribution is 2.28. The summed E-state index contributed by atoms with van der Waals surface area (Å²) in [7, 11) is 7.32. The maximum absolute atomic E-state index is 12.8. The van der Waals surface area contributed by atoms with Crippen molar-refractivity contribution in [3.63, 3.8) is 0 Å². The average molecular weight is 399 g/mol. The van der Waals surface area contributed by atoms with Gasteiger partial charge in [0.1, 0.15) is 0 Å². The Kier molecular flexibility index (Phi) is 8.84. The summed E-state index contributed by atoms with van der Waals surface area (Å²) in [6, 6.07) is 14.3. The van der Waals surface area contributed by atoms with Crippen LogP contribution < -0.4 is 14.4 Å². The highest BCUT2D eigenvalue weighted by molar-refractivity contribution is 5.76. The number of anilines is 1. The normalized spacial score (nSPS) is 10.5. The minimum atomic E-state index is 0.212. The molecule has 0 atom stereocenters. The van der Waals surface area contributed by atoms with Crippen molar-refractivity contribution < 1.29 is 14.3 Å². The molecular weight excluding hydrogens is 364 g/mol. The van der Waals surface area contributed by atoms with Crippen LogP contribution in [0.25, 0.3) is 0 Å². The first-order valence-electron chi connectivity index (χ1n) is 10.2. The molecule has 1 amide bonds. The van der Waals surface area contributed by atoms with Gasteiger partial charge in [0.15, 0.2) is 11.5 Å². The van der Waals surface area contributed by atoms with Crippen molar-refractivity contribution in [3.05, 3.63) is 53.6 Å². The largest absolute Gasteiger partial charge is 0.493 e. The molecule has 0 saturated heterocycles. The molecule has 0 aromatic heterocycles. The Labute approximate surface area is 175 Å². The minimum absolute atomic E-state index is 0.212. The summed E-state index contributed by atoms with van der Waals surface area (Å²) < 4.78 is 10.7. The van der Waals surface area contributed by atoms with Crippen LogP contribution in [-0.2, 0) is 17.8 Å². The number of amides is 1. The van der Waals surface area contributed by atoms with E-state index in [4.69, 9.17) is 9.47 Å². The first-order valence-corrected chi connectivity index (χ1v) is 10.2. The fraction of sp³-hybridized carbons (Fsp3) is 0.458. The Balaban J connectivity index is 2.10. The van der Waals surface area contributed by atoms with E-state index in [1.54, 1.807) is 14.2 Å². The second-order valence-corrected chi connectivity index (χ2v) is 7.42. The third-order valence-corrected chi connectivity index (χ3v) is 5.04. The van der Waals surface area contributed by atoms with Gasteiger partial charge in [-0.3, -0.25) is 4.79 Å². The van der Waals surface area contributed by atoms with Gasteiger partial charge in [-0.1, -0.05) is 31.5 Å². The number of methoxy groups -OCH3 is 2. The highest BCUT2D eigenvalue weighted by atomic mass is 16.5. The summed E-state index contributed by atoms with van der Waals surface area (Å²) in [6.07, 6.45) is 3.31. The SMILES string of the molecule is CCCCC(=O)N(CCc1ccc(OC)c(OC)c1)Cc1ccc(N(C)C)cc1. The van der Waals surface area contributed by atoms with Crippen LogP contribution in [0.3, 0.4) is 0 Å². The van der Waals surface area contributed by atoms with Crippen molar-refractivity contribution in [1.29, 1.82) is 0 Å². The third kappa shape index (κ3) is 6.70. The fourth-order valence-electron chi connectivity index (χ4n) is 3.20. The molecule has 5 nitrogen and oxygen atoms in total. The molecule has 2 aromatic rings. The molecule has 0 bridgehead atoms. The molecule has 29 heavy (non-hydrogen) atoms. The van der Waals surface area contributed by atoms with E-state index >= 15 is 0 Å². The lowest BCUT2D eigenvalue weighted by molar-refractivity contribution is -0.131. The Bertz CT molecular complexity index is 772. The second-order valence-electron chi connectivity index (χ2n) is 7.42. The molecule has 0 N–H and O–H groups in total. The van der Waals surface area contributed by atoms with Gasteiger partial charge in [-0.05, 0) is 48.2 Å². The zero-order valence-electron chi connectivity index (χ0n) is 18.4. The van der Waals surface area contributed by atoms with Gasteiger partial charge in [0.2, 0.25) is 5.91 Å².